The molecule has 1 saturated carbocycles. The van der Waals surface area contributed by atoms with Crippen LogP contribution in [0.3, 0.4) is 0 Å². The minimum absolute atomic E-state index is 0.264. The summed E-state index contributed by atoms with van der Waals surface area (Å²) < 4.78 is 27.9. The van der Waals surface area contributed by atoms with Gasteiger partial charge < -0.3 is 5.32 Å². The fraction of sp³-hybridized carbons (Fsp3) is 0.625. The summed E-state index contributed by atoms with van der Waals surface area (Å²) in [6.07, 6.45) is 2.93. The average molecular weight is 310 g/mol. The Balaban J connectivity index is 2.20. The topological polar surface area (TPSA) is 58.2 Å². The van der Waals surface area contributed by atoms with Crippen LogP contribution in [-0.4, -0.2) is 20.0 Å². The zero-order valence-corrected chi connectivity index (χ0v) is 14.2. The maximum Gasteiger partial charge on any atom is 0.241 e. The minimum Gasteiger partial charge on any atom is -0.310 e. The number of benzene rings is 1. The van der Waals surface area contributed by atoms with E-state index < -0.39 is 10.0 Å². The summed E-state index contributed by atoms with van der Waals surface area (Å²) in [6.45, 7) is 8.83. The van der Waals surface area contributed by atoms with Gasteiger partial charge in [0.15, 0.2) is 0 Å². The van der Waals surface area contributed by atoms with E-state index in [0.717, 1.165) is 30.4 Å². The van der Waals surface area contributed by atoms with Crippen LogP contribution in [0.4, 0.5) is 0 Å². The van der Waals surface area contributed by atoms with Crippen molar-refractivity contribution in [1.82, 2.24) is 10.0 Å². The molecule has 0 saturated heterocycles. The van der Waals surface area contributed by atoms with Gasteiger partial charge in [0, 0.05) is 18.1 Å². The van der Waals surface area contributed by atoms with Gasteiger partial charge in [0.2, 0.25) is 10.0 Å². The Morgan fingerprint density at radius 1 is 1.29 bits per heavy atom. The molecule has 21 heavy (non-hydrogen) atoms. The van der Waals surface area contributed by atoms with Gasteiger partial charge in [-0.05, 0) is 56.4 Å². The molecule has 0 aromatic heterocycles. The monoisotopic (exact) mass is 310 g/mol. The highest BCUT2D eigenvalue weighted by Crippen LogP contribution is 2.32. The zero-order valence-electron chi connectivity index (χ0n) is 13.4. The number of hydrogen-bond acceptors (Lipinski definition) is 3. The Labute approximate surface area is 128 Å². The standard InChI is InChI=1S/C16H26N2O2S/c1-12(2)17-11-14-10-15(7-6-13(14)3)21(19,20)18-16(4)8-5-9-16/h6-7,10,12,17-18H,5,8-9,11H2,1-4H3. The van der Waals surface area contributed by atoms with Gasteiger partial charge in [-0.25, -0.2) is 13.1 Å². The van der Waals surface area contributed by atoms with Gasteiger partial charge in [-0.15, -0.1) is 0 Å². The van der Waals surface area contributed by atoms with Gasteiger partial charge in [-0.2, -0.15) is 0 Å². The molecule has 0 spiro atoms. The molecular formula is C16H26N2O2S. The first kappa shape index (κ1) is 16.5. The van der Waals surface area contributed by atoms with Crippen molar-refractivity contribution in [3.63, 3.8) is 0 Å². The third-order valence-electron chi connectivity index (χ3n) is 4.17. The number of rotatable bonds is 6. The zero-order chi connectivity index (χ0) is 15.7. The van der Waals surface area contributed by atoms with E-state index >= 15 is 0 Å². The molecule has 4 nitrogen and oxygen atoms in total. The van der Waals surface area contributed by atoms with E-state index in [1.165, 1.54) is 0 Å². The summed E-state index contributed by atoms with van der Waals surface area (Å²) in [5.41, 5.74) is 1.88. The number of sulfonamides is 1. The summed E-state index contributed by atoms with van der Waals surface area (Å²) >= 11 is 0. The van der Waals surface area contributed by atoms with Crippen LogP contribution >= 0.6 is 0 Å². The van der Waals surface area contributed by atoms with Crippen molar-refractivity contribution in [2.24, 2.45) is 0 Å². The summed E-state index contributed by atoms with van der Waals surface area (Å²) in [5.74, 6) is 0. The van der Waals surface area contributed by atoms with Gasteiger partial charge >= 0.3 is 0 Å². The summed E-state index contributed by atoms with van der Waals surface area (Å²) in [7, 11) is -3.43. The Kier molecular flexibility index (Phi) is 4.76. The first-order chi connectivity index (χ1) is 9.72. The smallest absolute Gasteiger partial charge is 0.241 e. The molecule has 0 atom stereocenters. The third kappa shape index (κ3) is 4.05. The molecule has 0 unspecified atom stereocenters. The van der Waals surface area contributed by atoms with Gasteiger partial charge in [0.1, 0.15) is 0 Å². The lowest BCUT2D eigenvalue weighted by molar-refractivity contribution is 0.248. The molecule has 1 aliphatic carbocycles. The Bertz CT molecular complexity index is 605. The molecule has 0 radical (unpaired) electrons. The molecule has 1 aromatic rings. The van der Waals surface area contributed by atoms with Crippen LogP contribution in [0.15, 0.2) is 23.1 Å². The first-order valence-electron chi connectivity index (χ1n) is 7.59. The van der Waals surface area contributed by atoms with E-state index in [1.54, 1.807) is 12.1 Å². The fourth-order valence-electron chi connectivity index (χ4n) is 2.51. The Hall–Kier alpha value is -0.910. The highest BCUT2D eigenvalue weighted by atomic mass is 32.2. The Morgan fingerprint density at radius 2 is 1.95 bits per heavy atom. The SMILES string of the molecule is Cc1ccc(S(=O)(=O)NC2(C)CCC2)cc1CNC(C)C. The van der Waals surface area contributed by atoms with Crippen LogP contribution in [0.25, 0.3) is 0 Å². The lowest BCUT2D eigenvalue weighted by atomic mass is 9.80. The molecule has 1 fully saturated rings. The highest BCUT2D eigenvalue weighted by Gasteiger charge is 2.36. The predicted molar refractivity (Wildman–Crippen MR) is 85.7 cm³/mol. The second-order valence-corrected chi connectivity index (χ2v) is 8.33. The normalized spacial score (nSPS) is 17.8. The van der Waals surface area contributed by atoms with Crippen LogP contribution in [0.2, 0.25) is 0 Å². The largest absolute Gasteiger partial charge is 0.310 e. The number of aryl methyl sites for hydroxylation is 1. The van der Waals surface area contributed by atoms with Crippen LogP contribution in [0.5, 0.6) is 0 Å². The molecule has 2 N–H and O–H groups in total. The number of nitrogens with one attached hydrogen (secondary N) is 2. The van der Waals surface area contributed by atoms with Crippen LogP contribution < -0.4 is 10.0 Å². The molecular weight excluding hydrogens is 284 g/mol. The number of hydrogen-bond donors (Lipinski definition) is 2. The van der Waals surface area contributed by atoms with Crippen LogP contribution in [-0.2, 0) is 16.6 Å². The fourth-order valence-corrected chi connectivity index (χ4v) is 4.03. The van der Waals surface area contributed by atoms with Crippen LogP contribution in [0.1, 0.15) is 51.2 Å². The van der Waals surface area contributed by atoms with Crippen molar-refractivity contribution in [3.8, 4) is 0 Å². The van der Waals surface area contributed by atoms with Gasteiger partial charge in [0.25, 0.3) is 0 Å². The second kappa shape index (κ2) is 6.07. The molecule has 1 aliphatic rings. The lowest BCUT2D eigenvalue weighted by Gasteiger charge is -2.38. The molecule has 2 rings (SSSR count). The quantitative estimate of drug-likeness (QED) is 0.849. The molecule has 5 heteroatoms. The van der Waals surface area contributed by atoms with E-state index in [2.05, 4.69) is 23.9 Å². The van der Waals surface area contributed by atoms with Crippen molar-refractivity contribution in [3.05, 3.63) is 29.3 Å². The molecule has 0 amide bonds. The Morgan fingerprint density at radius 3 is 2.48 bits per heavy atom. The molecule has 1 aromatic carbocycles. The van der Waals surface area contributed by atoms with E-state index in [-0.39, 0.29) is 5.54 Å². The van der Waals surface area contributed by atoms with Crippen molar-refractivity contribution in [2.45, 2.75) is 70.0 Å². The first-order valence-corrected chi connectivity index (χ1v) is 9.07. The minimum atomic E-state index is -3.43. The van der Waals surface area contributed by atoms with Crippen molar-refractivity contribution in [2.75, 3.05) is 0 Å². The highest BCUT2D eigenvalue weighted by molar-refractivity contribution is 7.89. The summed E-state index contributed by atoms with van der Waals surface area (Å²) in [6, 6.07) is 5.74. The average Bonchev–Trinajstić information content (AvgIpc) is 2.35. The van der Waals surface area contributed by atoms with Crippen molar-refractivity contribution in [1.29, 1.82) is 0 Å². The van der Waals surface area contributed by atoms with E-state index in [9.17, 15) is 8.42 Å². The van der Waals surface area contributed by atoms with Gasteiger partial charge in [0.05, 0.1) is 4.90 Å². The molecule has 0 bridgehead atoms. The summed E-state index contributed by atoms with van der Waals surface area (Å²) in [4.78, 5) is 0.363. The summed E-state index contributed by atoms with van der Waals surface area (Å²) in [5, 5.41) is 3.34. The molecule has 118 valence electrons. The molecule has 0 aliphatic heterocycles. The molecule has 0 heterocycles. The van der Waals surface area contributed by atoms with E-state index in [0.29, 0.717) is 17.5 Å². The van der Waals surface area contributed by atoms with Gasteiger partial charge in [-0.3, -0.25) is 0 Å². The maximum atomic E-state index is 12.5. The van der Waals surface area contributed by atoms with Crippen molar-refractivity contribution >= 4 is 10.0 Å². The van der Waals surface area contributed by atoms with Crippen molar-refractivity contribution < 1.29 is 8.42 Å². The maximum absolute atomic E-state index is 12.5. The third-order valence-corrected chi connectivity index (χ3v) is 5.81. The predicted octanol–water partition coefficient (Wildman–Crippen LogP) is 2.71. The van der Waals surface area contributed by atoms with E-state index in [1.807, 2.05) is 19.9 Å². The second-order valence-electron chi connectivity index (χ2n) is 6.64. The van der Waals surface area contributed by atoms with Gasteiger partial charge in [-0.1, -0.05) is 19.9 Å². The van der Waals surface area contributed by atoms with E-state index in [4.69, 9.17) is 0 Å². The van der Waals surface area contributed by atoms with Crippen LogP contribution in [0, 0.1) is 6.92 Å². The lowest BCUT2D eigenvalue weighted by Crippen LogP contribution is -2.50.